The standard InChI is InChI=1S/C8H9ClF2N2/c1-4-5(2-12)7(8(10)11)6(9)3-13-4/h3,8H,2,12H2,1H3. The highest BCUT2D eigenvalue weighted by Crippen LogP contribution is 2.30. The Labute approximate surface area is 79.7 Å². The van der Waals surface area contributed by atoms with Gasteiger partial charge in [0.2, 0.25) is 0 Å². The molecule has 0 bridgehead atoms. The summed E-state index contributed by atoms with van der Waals surface area (Å²) in [6, 6.07) is 0. The number of nitrogens with two attached hydrogens (primary N) is 1. The molecule has 13 heavy (non-hydrogen) atoms. The topological polar surface area (TPSA) is 38.9 Å². The van der Waals surface area contributed by atoms with E-state index in [4.69, 9.17) is 17.3 Å². The molecule has 5 heteroatoms. The second kappa shape index (κ2) is 3.98. The lowest BCUT2D eigenvalue weighted by atomic mass is 10.1. The van der Waals surface area contributed by atoms with E-state index in [1.807, 2.05) is 0 Å². The van der Waals surface area contributed by atoms with Gasteiger partial charge < -0.3 is 5.73 Å². The molecule has 0 aliphatic heterocycles. The molecule has 2 nitrogen and oxygen atoms in total. The zero-order valence-electron chi connectivity index (χ0n) is 7.02. The van der Waals surface area contributed by atoms with Gasteiger partial charge in [-0.1, -0.05) is 11.6 Å². The van der Waals surface area contributed by atoms with Crippen LogP contribution in [0.2, 0.25) is 5.02 Å². The quantitative estimate of drug-likeness (QED) is 0.807. The zero-order valence-corrected chi connectivity index (χ0v) is 7.78. The summed E-state index contributed by atoms with van der Waals surface area (Å²) < 4.78 is 25.0. The molecule has 0 fully saturated rings. The van der Waals surface area contributed by atoms with Crippen LogP contribution in [0.1, 0.15) is 23.2 Å². The van der Waals surface area contributed by atoms with E-state index in [2.05, 4.69) is 4.98 Å². The predicted molar refractivity (Wildman–Crippen MR) is 46.8 cm³/mol. The minimum atomic E-state index is -2.60. The highest BCUT2D eigenvalue weighted by atomic mass is 35.5. The fourth-order valence-electron chi connectivity index (χ4n) is 1.13. The minimum absolute atomic E-state index is 0.0268. The Morgan fingerprint density at radius 3 is 2.62 bits per heavy atom. The number of hydrogen-bond acceptors (Lipinski definition) is 2. The molecule has 0 spiro atoms. The lowest BCUT2D eigenvalue weighted by Gasteiger charge is -2.10. The lowest BCUT2D eigenvalue weighted by Crippen LogP contribution is -2.06. The molecule has 1 heterocycles. The van der Waals surface area contributed by atoms with Gasteiger partial charge in [0.25, 0.3) is 6.43 Å². The second-order valence-corrected chi connectivity index (χ2v) is 3.00. The summed E-state index contributed by atoms with van der Waals surface area (Å²) >= 11 is 5.58. The molecule has 1 aromatic heterocycles. The fraction of sp³-hybridized carbons (Fsp3) is 0.375. The molecule has 0 radical (unpaired) electrons. The number of halogens is 3. The lowest BCUT2D eigenvalue weighted by molar-refractivity contribution is 0.150. The van der Waals surface area contributed by atoms with Gasteiger partial charge in [-0.2, -0.15) is 0 Å². The van der Waals surface area contributed by atoms with E-state index in [1.54, 1.807) is 6.92 Å². The molecule has 0 atom stereocenters. The van der Waals surface area contributed by atoms with Crippen LogP contribution in [0.5, 0.6) is 0 Å². The van der Waals surface area contributed by atoms with Gasteiger partial charge in [0.1, 0.15) is 0 Å². The van der Waals surface area contributed by atoms with E-state index >= 15 is 0 Å². The average molecular weight is 207 g/mol. The Bertz CT molecular complexity index is 315. The molecule has 0 saturated heterocycles. The molecule has 1 rings (SSSR count). The molecule has 0 unspecified atom stereocenters. The molecule has 72 valence electrons. The monoisotopic (exact) mass is 206 g/mol. The van der Waals surface area contributed by atoms with Crippen molar-refractivity contribution in [1.29, 1.82) is 0 Å². The van der Waals surface area contributed by atoms with E-state index in [9.17, 15) is 8.78 Å². The van der Waals surface area contributed by atoms with E-state index in [1.165, 1.54) is 6.20 Å². The second-order valence-electron chi connectivity index (χ2n) is 2.59. The number of alkyl halides is 2. The van der Waals surface area contributed by atoms with Crippen LogP contribution in [0.15, 0.2) is 6.20 Å². The summed E-state index contributed by atoms with van der Waals surface area (Å²) in [5.74, 6) is 0. The molecule has 0 amide bonds. The zero-order chi connectivity index (χ0) is 10.0. The van der Waals surface area contributed by atoms with Crippen molar-refractivity contribution in [2.24, 2.45) is 5.73 Å². The minimum Gasteiger partial charge on any atom is -0.326 e. The molecule has 2 N–H and O–H groups in total. The fourth-order valence-corrected chi connectivity index (χ4v) is 1.38. The molecule has 0 aliphatic rings. The number of pyridine rings is 1. The highest BCUT2D eigenvalue weighted by molar-refractivity contribution is 6.31. The Morgan fingerprint density at radius 2 is 2.23 bits per heavy atom. The van der Waals surface area contributed by atoms with Gasteiger partial charge in [-0.25, -0.2) is 8.78 Å². The van der Waals surface area contributed by atoms with Crippen molar-refractivity contribution in [3.8, 4) is 0 Å². The van der Waals surface area contributed by atoms with Crippen LogP contribution in [0.25, 0.3) is 0 Å². The van der Waals surface area contributed by atoms with E-state index in [0.29, 0.717) is 11.3 Å². The molecule has 1 aromatic rings. The van der Waals surface area contributed by atoms with Crippen LogP contribution in [0.3, 0.4) is 0 Å². The molecule has 0 aromatic carbocycles. The summed E-state index contributed by atoms with van der Waals surface area (Å²) in [4.78, 5) is 3.85. The first kappa shape index (κ1) is 10.3. The van der Waals surface area contributed by atoms with Gasteiger partial charge in [-0.3, -0.25) is 4.98 Å². The number of aromatic nitrogens is 1. The Morgan fingerprint density at radius 1 is 1.62 bits per heavy atom. The molecular weight excluding hydrogens is 198 g/mol. The highest BCUT2D eigenvalue weighted by Gasteiger charge is 2.18. The SMILES string of the molecule is Cc1ncc(Cl)c(C(F)F)c1CN. The summed E-state index contributed by atoms with van der Waals surface area (Å²) in [6.07, 6.45) is -1.38. The Hall–Kier alpha value is -0.740. The largest absolute Gasteiger partial charge is 0.326 e. The van der Waals surface area contributed by atoms with Crippen molar-refractivity contribution in [2.45, 2.75) is 19.9 Å². The van der Waals surface area contributed by atoms with Crippen molar-refractivity contribution in [2.75, 3.05) is 0 Å². The van der Waals surface area contributed by atoms with E-state index < -0.39 is 6.43 Å². The van der Waals surface area contributed by atoms with E-state index in [0.717, 1.165) is 0 Å². The van der Waals surface area contributed by atoms with Crippen molar-refractivity contribution in [1.82, 2.24) is 4.98 Å². The Balaban J connectivity index is 3.35. The van der Waals surface area contributed by atoms with Gasteiger partial charge in [-0.05, 0) is 12.5 Å². The normalized spacial score (nSPS) is 10.9. The van der Waals surface area contributed by atoms with Gasteiger partial charge in [0.05, 0.1) is 5.02 Å². The Kier molecular flexibility index (Phi) is 3.17. The molecular formula is C8H9ClF2N2. The average Bonchev–Trinajstić information content (AvgIpc) is 2.07. The predicted octanol–water partition coefficient (Wildman–Crippen LogP) is 2.44. The first-order chi connectivity index (χ1) is 6.07. The van der Waals surface area contributed by atoms with Crippen molar-refractivity contribution < 1.29 is 8.78 Å². The van der Waals surface area contributed by atoms with Gasteiger partial charge in [0.15, 0.2) is 0 Å². The first-order valence-corrected chi connectivity index (χ1v) is 4.07. The summed E-state index contributed by atoms with van der Waals surface area (Å²) in [7, 11) is 0. The van der Waals surface area contributed by atoms with Crippen LogP contribution in [-0.4, -0.2) is 4.98 Å². The summed E-state index contributed by atoms with van der Waals surface area (Å²) in [6.45, 7) is 1.66. The van der Waals surface area contributed by atoms with Crippen LogP contribution >= 0.6 is 11.6 Å². The van der Waals surface area contributed by atoms with Crippen LogP contribution < -0.4 is 5.73 Å². The maximum absolute atomic E-state index is 12.5. The van der Waals surface area contributed by atoms with Gasteiger partial charge >= 0.3 is 0 Å². The van der Waals surface area contributed by atoms with Crippen LogP contribution in [-0.2, 0) is 6.54 Å². The third-order valence-electron chi connectivity index (χ3n) is 1.81. The van der Waals surface area contributed by atoms with Crippen LogP contribution in [0, 0.1) is 6.92 Å². The van der Waals surface area contributed by atoms with Crippen molar-refractivity contribution in [3.05, 3.63) is 28.0 Å². The van der Waals surface area contributed by atoms with E-state index in [-0.39, 0.29) is 17.1 Å². The number of hydrogen-bond donors (Lipinski definition) is 1. The number of rotatable bonds is 2. The number of nitrogens with zero attached hydrogens (tertiary/aromatic N) is 1. The number of aryl methyl sites for hydroxylation is 1. The summed E-state index contributed by atoms with van der Waals surface area (Å²) in [5, 5.41) is -0.0268. The summed E-state index contributed by atoms with van der Waals surface area (Å²) in [5.41, 5.74) is 5.97. The third kappa shape index (κ3) is 1.95. The van der Waals surface area contributed by atoms with Gasteiger partial charge in [0, 0.05) is 24.0 Å². The van der Waals surface area contributed by atoms with Gasteiger partial charge in [-0.15, -0.1) is 0 Å². The third-order valence-corrected chi connectivity index (χ3v) is 2.11. The van der Waals surface area contributed by atoms with Crippen LogP contribution in [0.4, 0.5) is 8.78 Å². The first-order valence-electron chi connectivity index (χ1n) is 3.70. The van der Waals surface area contributed by atoms with Crippen molar-refractivity contribution >= 4 is 11.6 Å². The molecule has 0 saturated carbocycles. The maximum Gasteiger partial charge on any atom is 0.265 e. The van der Waals surface area contributed by atoms with Crippen molar-refractivity contribution in [3.63, 3.8) is 0 Å². The smallest absolute Gasteiger partial charge is 0.265 e. The molecule has 0 aliphatic carbocycles. The maximum atomic E-state index is 12.5.